The molecule has 16 heteroatoms. The minimum atomic E-state index is -0.230. The summed E-state index contributed by atoms with van der Waals surface area (Å²) in [6.07, 6.45) is 15.2. The van der Waals surface area contributed by atoms with Gasteiger partial charge in [0.1, 0.15) is 46.0 Å². The summed E-state index contributed by atoms with van der Waals surface area (Å²) in [6, 6.07) is 9.46. The molecule has 400 valence electrons. The van der Waals surface area contributed by atoms with Crippen molar-refractivity contribution in [3.8, 4) is 46.0 Å². The second-order valence-electron chi connectivity index (χ2n) is 20.2. The second-order valence-corrected chi connectivity index (χ2v) is 20.9. The summed E-state index contributed by atoms with van der Waals surface area (Å²) in [5.74, 6) is 4.36. The average Bonchev–Trinajstić information content (AvgIpc) is 3.42. The Morgan fingerprint density at radius 1 is 0.329 bits per heavy atom. The third-order valence-corrected chi connectivity index (χ3v) is 16.3. The number of nitrogens with zero attached hydrogens (tertiary/aromatic N) is 4. The molecule has 5 aliphatic rings. The van der Waals surface area contributed by atoms with Crippen LogP contribution in [0.2, 0.25) is 0 Å². The van der Waals surface area contributed by atoms with Crippen molar-refractivity contribution in [3.63, 3.8) is 0 Å². The van der Waals surface area contributed by atoms with Crippen LogP contribution in [0.25, 0.3) is 0 Å². The lowest BCUT2D eigenvalue weighted by Gasteiger charge is -2.37. The van der Waals surface area contributed by atoms with Gasteiger partial charge in [0.05, 0.1) is 69.1 Å². The van der Waals surface area contributed by atoms with Crippen LogP contribution < -0.4 is 37.9 Å². The largest absolute Gasteiger partial charge is 0.457 e. The number of isothiocyanates is 4. The van der Waals surface area contributed by atoms with Crippen LogP contribution in [0.1, 0.15) is 221 Å². The van der Waals surface area contributed by atoms with Gasteiger partial charge in [0, 0.05) is 68.2 Å². The van der Waals surface area contributed by atoms with Crippen molar-refractivity contribution >= 4 is 69.5 Å². The van der Waals surface area contributed by atoms with Crippen LogP contribution >= 0.6 is 48.9 Å². The van der Waals surface area contributed by atoms with Crippen molar-refractivity contribution in [2.45, 2.75) is 180 Å². The highest BCUT2D eigenvalue weighted by molar-refractivity contribution is 7.78. The molecule has 1 aliphatic carbocycles. The molecule has 0 radical (unpaired) electrons. The zero-order valence-electron chi connectivity index (χ0n) is 44.3. The van der Waals surface area contributed by atoms with E-state index in [4.69, 9.17) is 86.8 Å². The molecule has 0 unspecified atom stereocenters. The summed E-state index contributed by atoms with van der Waals surface area (Å²) in [7, 11) is 0. The van der Waals surface area contributed by atoms with Gasteiger partial charge in [-0.2, -0.15) is 0 Å². The maximum absolute atomic E-state index is 6.94. The fraction of sp³-hybridized carbons (Fsp3) is 0.533. The molecule has 0 saturated carbocycles. The van der Waals surface area contributed by atoms with Crippen LogP contribution in [0.5, 0.6) is 46.0 Å². The predicted molar refractivity (Wildman–Crippen MR) is 309 cm³/mol. The number of unbranched alkanes of at least 4 members (excludes halogenated alkanes) is 8. The third kappa shape index (κ3) is 11.3. The first-order valence-corrected chi connectivity index (χ1v) is 29.0. The molecule has 76 heavy (non-hydrogen) atoms. The van der Waals surface area contributed by atoms with Gasteiger partial charge in [0.25, 0.3) is 0 Å². The standard InChI is InChI=1S/C60H68N4O8S4/c1-5-9-13-17-37-41-21-43-38(18-14-10-6-2)45-23-47-40(20-16-12-8-4)48-24-46-39(19-15-11-7-3)44-22-42(37)54-50(26-62-30-74)56(44)68-35-70-58(46)52(28-64-32-76)60(48)72-36-71-59(47)51(27-63-31-75)57(45)69-34-67-55(43)49(25-61-29-73)53(41)65-33-66-54/h21-24,37-40H,5-20,25-28,33-36H2,1-4H3. The monoisotopic (exact) mass is 1100 g/mol. The molecular formula is C60H68N4O8S4. The molecule has 0 spiro atoms. The van der Waals surface area contributed by atoms with Crippen LogP contribution in [0.15, 0.2) is 44.2 Å². The van der Waals surface area contributed by atoms with Gasteiger partial charge >= 0.3 is 0 Å². The highest BCUT2D eigenvalue weighted by atomic mass is 32.1. The Kier molecular flexibility index (Phi) is 19.4. The molecule has 9 rings (SSSR count). The minimum Gasteiger partial charge on any atom is -0.457 e. The molecular weight excluding hydrogens is 1030 g/mol. The summed E-state index contributed by atoms with van der Waals surface area (Å²) in [5.41, 5.74) is 11.3. The van der Waals surface area contributed by atoms with Crippen molar-refractivity contribution in [1.82, 2.24) is 0 Å². The molecule has 0 amide bonds. The van der Waals surface area contributed by atoms with Crippen molar-refractivity contribution < 1.29 is 37.9 Å². The Balaban J connectivity index is 1.53. The van der Waals surface area contributed by atoms with Crippen molar-refractivity contribution in [3.05, 3.63) is 91.0 Å². The molecule has 0 fully saturated rings. The highest BCUT2D eigenvalue weighted by Gasteiger charge is 2.41. The number of ether oxygens (including phenoxy) is 8. The summed E-state index contributed by atoms with van der Waals surface area (Å²) < 4.78 is 55.5. The molecule has 4 aromatic rings. The second kappa shape index (κ2) is 26.7. The van der Waals surface area contributed by atoms with Gasteiger partial charge in [-0.1, -0.05) is 105 Å². The minimum absolute atomic E-state index is 0.119. The van der Waals surface area contributed by atoms with Crippen LogP contribution in [0.4, 0.5) is 0 Å². The molecule has 0 aromatic heterocycles. The number of hydrogen-bond acceptors (Lipinski definition) is 16. The zero-order valence-corrected chi connectivity index (χ0v) is 47.5. The Morgan fingerprint density at radius 3 is 0.671 bits per heavy atom. The lowest BCUT2D eigenvalue weighted by molar-refractivity contribution is 0.0945. The van der Waals surface area contributed by atoms with E-state index in [0.717, 1.165) is 169 Å². The van der Waals surface area contributed by atoms with Crippen molar-refractivity contribution in [2.24, 2.45) is 20.0 Å². The van der Waals surface area contributed by atoms with E-state index in [1.165, 1.54) is 0 Å². The molecule has 0 saturated heterocycles. The van der Waals surface area contributed by atoms with Crippen LogP contribution in [0.3, 0.4) is 0 Å². The Bertz CT molecular complexity index is 2480. The molecule has 4 aromatic carbocycles. The summed E-state index contributed by atoms with van der Waals surface area (Å²) in [4.78, 5) is 18.5. The van der Waals surface area contributed by atoms with E-state index < -0.39 is 0 Å². The Hall–Kier alpha value is -5.52. The topological polar surface area (TPSA) is 123 Å². The molecule has 12 nitrogen and oxygen atoms in total. The summed E-state index contributed by atoms with van der Waals surface area (Å²) in [6.45, 7) is 9.16. The van der Waals surface area contributed by atoms with E-state index in [9.17, 15) is 0 Å². The average molecular weight is 1100 g/mol. The molecule has 4 heterocycles. The number of aliphatic imine (C=N–C) groups is 4. The van der Waals surface area contributed by atoms with Gasteiger partial charge < -0.3 is 37.9 Å². The number of rotatable bonds is 24. The van der Waals surface area contributed by atoms with E-state index in [0.29, 0.717) is 46.0 Å². The van der Waals surface area contributed by atoms with Gasteiger partial charge in [-0.15, -0.1) is 0 Å². The van der Waals surface area contributed by atoms with E-state index in [2.05, 4.69) is 92.6 Å². The predicted octanol–water partition coefficient (Wildman–Crippen LogP) is 16.2. The van der Waals surface area contributed by atoms with Crippen LogP contribution in [-0.2, 0) is 26.2 Å². The summed E-state index contributed by atoms with van der Waals surface area (Å²) >= 11 is 21.2. The fourth-order valence-corrected chi connectivity index (χ4v) is 12.6. The molecule has 4 aliphatic heterocycles. The van der Waals surface area contributed by atoms with E-state index in [1.807, 2.05) is 0 Å². The number of hydrogen-bond donors (Lipinski definition) is 0. The molecule has 8 bridgehead atoms. The van der Waals surface area contributed by atoms with E-state index in [-0.39, 0.29) is 77.0 Å². The van der Waals surface area contributed by atoms with E-state index in [1.54, 1.807) is 0 Å². The summed E-state index contributed by atoms with van der Waals surface area (Å²) in [5, 5.41) is 10.6. The van der Waals surface area contributed by atoms with Gasteiger partial charge in [-0.25, -0.2) is 20.0 Å². The van der Waals surface area contributed by atoms with Crippen LogP contribution in [-0.4, -0.2) is 47.8 Å². The first kappa shape index (κ1) is 55.2. The highest BCUT2D eigenvalue weighted by Crippen LogP contribution is 2.59. The molecule has 0 atom stereocenters. The lowest BCUT2D eigenvalue weighted by Crippen LogP contribution is -2.25. The van der Waals surface area contributed by atoms with Crippen molar-refractivity contribution in [2.75, 3.05) is 27.2 Å². The quantitative estimate of drug-likeness (QED) is 0.0377. The fourth-order valence-electron chi connectivity index (χ4n) is 12.4. The smallest absolute Gasteiger partial charge is 0.230 e. The van der Waals surface area contributed by atoms with Gasteiger partial charge in [0.15, 0.2) is 0 Å². The Labute approximate surface area is 469 Å². The van der Waals surface area contributed by atoms with Crippen molar-refractivity contribution in [1.29, 1.82) is 0 Å². The SMILES string of the molecule is CCCCCC1c2cc3c4c(CN=C=S)c2OCOc2c1cc1c(c2CN=C=S)OCOc2c(cc5c(c2CN=C=S)OCOc2c(cc(c(c2CN=C=S)OCO4)C3CCCCC)C5CCCCC)C1CCCCC. The normalized spacial score (nSPS) is 17.8. The maximum atomic E-state index is 6.94. The van der Waals surface area contributed by atoms with Gasteiger partial charge in [-0.3, -0.25) is 0 Å². The maximum Gasteiger partial charge on any atom is 0.230 e. The zero-order chi connectivity index (χ0) is 53.0. The molecule has 0 N–H and O–H groups in total. The van der Waals surface area contributed by atoms with Gasteiger partial charge in [-0.05, 0) is 98.8 Å². The first-order valence-electron chi connectivity index (χ1n) is 27.4. The lowest BCUT2D eigenvalue weighted by atomic mass is 9.74. The van der Waals surface area contributed by atoms with Crippen LogP contribution in [0, 0.1) is 0 Å². The Morgan fingerprint density at radius 2 is 0.513 bits per heavy atom. The third-order valence-electron chi connectivity index (χ3n) is 15.8. The first-order chi connectivity index (χ1) is 37.5. The van der Waals surface area contributed by atoms with Gasteiger partial charge in [0.2, 0.25) is 27.2 Å². The number of benzene rings is 4. The van der Waals surface area contributed by atoms with E-state index >= 15 is 0 Å². The number of thiocarbonyl (C=S) groups is 4.